The number of piperidine rings is 2. The SMILES string of the molecule is O=C(C1C[C@@H]2C[C@@H]2C1)N1CCC2C(CCCN2C(=O)C=C2CCC2)C1. The number of hydrogen-bond acceptors (Lipinski definition) is 2. The summed E-state index contributed by atoms with van der Waals surface area (Å²) >= 11 is 0. The second kappa shape index (κ2) is 6.14. The normalized spacial score (nSPS) is 39.4. The van der Waals surface area contributed by atoms with Crippen LogP contribution < -0.4 is 0 Å². The summed E-state index contributed by atoms with van der Waals surface area (Å²) in [5, 5.41) is 0. The van der Waals surface area contributed by atoms with E-state index in [1.54, 1.807) is 0 Å². The van der Waals surface area contributed by atoms with Crippen LogP contribution in [0.25, 0.3) is 0 Å². The van der Waals surface area contributed by atoms with E-state index in [0.717, 1.165) is 70.0 Å². The summed E-state index contributed by atoms with van der Waals surface area (Å²) in [6.07, 6.45) is 12.3. The highest BCUT2D eigenvalue weighted by molar-refractivity contribution is 5.89. The Kier molecular flexibility index (Phi) is 3.90. The summed E-state index contributed by atoms with van der Waals surface area (Å²) in [5.74, 6) is 3.20. The second-order valence-corrected chi connectivity index (χ2v) is 9.15. The lowest BCUT2D eigenvalue weighted by Gasteiger charge is -2.47. The molecule has 0 bridgehead atoms. The number of allylic oxidation sites excluding steroid dienone is 1. The summed E-state index contributed by atoms with van der Waals surface area (Å²) < 4.78 is 0. The fraction of sp³-hybridized carbons (Fsp3) is 0.810. The molecule has 0 N–H and O–H groups in total. The molecule has 2 aliphatic heterocycles. The molecule has 2 amide bonds. The van der Waals surface area contributed by atoms with Crippen molar-refractivity contribution in [3.63, 3.8) is 0 Å². The minimum atomic E-state index is 0.236. The minimum Gasteiger partial charge on any atom is -0.342 e. The number of likely N-dealkylation sites (tertiary alicyclic amines) is 2. The third kappa shape index (κ3) is 2.92. The van der Waals surface area contributed by atoms with Gasteiger partial charge in [-0.25, -0.2) is 0 Å². The molecule has 3 aliphatic carbocycles. The standard InChI is InChI=1S/C21H30N2O2/c24-20(9-14-3-1-4-14)23-7-2-5-15-13-22(8-6-19(15)23)21(25)18-11-16-10-17(16)12-18/h9,15-19H,1-8,10-13H2/t15?,16-,17+,18?,19?. The first-order valence-electron chi connectivity index (χ1n) is 10.5. The number of fused-ring (bicyclic) bond motifs is 2. The smallest absolute Gasteiger partial charge is 0.246 e. The van der Waals surface area contributed by atoms with Gasteiger partial charge in [0, 0.05) is 37.7 Å². The molecule has 136 valence electrons. The van der Waals surface area contributed by atoms with Crippen LogP contribution in [-0.2, 0) is 9.59 Å². The highest BCUT2D eigenvalue weighted by Crippen LogP contribution is 2.54. The zero-order chi connectivity index (χ0) is 17.0. The van der Waals surface area contributed by atoms with Gasteiger partial charge in [0.05, 0.1) is 0 Å². The van der Waals surface area contributed by atoms with Crippen molar-refractivity contribution >= 4 is 11.8 Å². The Morgan fingerprint density at radius 1 is 0.920 bits per heavy atom. The van der Waals surface area contributed by atoms with Crippen LogP contribution in [0, 0.1) is 23.7 Å². The lowest BCUT2D eigenvalue weighted by Crippen LogP contribution is -2.57. The summed E-state index contributed by atoms with van der Waals surface area (Å²) in [5.41, 5.74) is 1.33. The molecule has 5 atom stereocenters. The highest BCUT2D eigenvalue weighted by Gasteiger charge is 2.49. The maximum Gasteiger partial charge on any atom is 0.246 e. The molecular formula is C21H30N2O2. The molecule has 0 aromatic carbocycles. The Balaban J connectivity index is 1.22. The Morgan fingerprint density at radius 3 is 2.44 bits per heavy atom. The zero-order valence-corrected chi connectivity index (χ0v) is 15.2. The van der Waals surface area contributed by atoms with Crippen LogP contribution in [0.15, 0.2) is 11.6 Å². The van der Waals surface area contributed by atoms with Crippen LogP contribution in [0.3, 0.4) is 0 Å². The quantitative estimate of drug-likeness (QED) is 0.724. The molecule has 25 heavy (non-hydrogen) atoms. The van der Waals surface area contributed by atoms with Crippen molar-refractivity contribution in [3.05, 3.63) is 11.6 Å². The van der Waals surface area contributed by atoms with Crippen molar-refractivity contribution in [1.29, 1.82) is 0 Å². The average molecular weight is 342 g/mol. The van der Waals surface area contributed by atoms with E-state index in [1.165, 1.54) is 24.8 Å². The number of hydrogen-bond donors (Lipinski definition) is 0. The molecule has 0 aromatic heterocycles. The van der Waals surface area contributed by atoms with Crippen LogP contribution in [-0.4, -0.2) is 47.3 Å². The number of amides is 2. The van der Waals surface area contributed by atoms with Gasteiger partial charge in [0.1, 0.15) is 0 Å². The fourth-order valence-electron chi connectivity index (χ4n) is 5.83. The molecule has 0 spiro atoms. The van der Waals surface area contributed by atoms with E-state index in [0.29, 0.717) is 23.8 Å². The molecule has 0 radical (unpaired) electrons. The number of carbonyl (C=O) groups is 2. The van der Waals surface area contributed by atoms with Crippen molar-refractivity contribution < 1.29 is 9.59 Å². The monoisotopic (exact) mass is 342 g/mol. The largest absolute Gasteiger partial charge is 0.342 e. The van der Waals surface area contributed by atoms with Gasteiger partial charge in [0.25, 0.3) is 0 Å². The molecule has 5 aliphatic rings. The van der Waals surface area contributed by atoms with Crippen molar-refractivity contribution in [2.75, 3.05) is 19.6 Å². The topological polar surface area (TPSA) is 40.6 Å². The predicted octanol–water partition coefficient (Wildman–Crippen LogP) is 2.98. The third-order valence-electron chi connectivity index (χ3n) is 7.58. The van der Waals surface area contributed by atoms with Crippen LogP contribution in [0.5, 0.6) is 0 Å². The van der Waals surface area contributed by atoms with Crippen LogP contribution in [0.1, 0.15) is 57.8 Å². The van der Waals surface area contributed by atoms with Gasteiger partial charge in [0.15, 0.2) is 0 Å². The van der Waals surface area contributed by atoms with Crippen LogP contribution >= 0.6 is 0 Å². The van der Waals surface area contributed by atoms with Gasteiger partial charge in [-0.3, -0.25) is 9.59 Å². The van der Waals surface area contributed by atoms with E-state index in [-0.39, 0.29) is 5.91 Å². The van der Waals surface area contributed by atoms with Gasteiger partial charge in [-0.2, -0.15) is 0 Å². The first kappa shape index (κ1) is 15.9. The first-order chi connectivity index (χ1) is 12.2. The Bertz CT molecular complexity index is 597. The Hall–Kier alpha value is -1.32. The maximum atomic E-state index is 12.9. The summed E-state index contributed by atoms with van der Waals surface area (Å²) in [4.78, 5) is 29.9. The van der Waals surface area contributed by atoms with Crippen molar-refractivity contribution in [1.82, 2.24) is 9.80 Å². The van der Waals surface area contributed by atoms with Gasteiger partial charge in [-0.1, -0.05) is 5.57 Å². The number of rotatable bonds is 2. The lowest BCUT2D eigenvalue weighted by molar-refractivity contribution is -0.141. The second-order valence-electron chi connectivity index (χ2n) is 9.15. The van der Waals surface area contributed by atoms with Crippen LogP contribution in [0.4, 0.5) is 0 Å². The fourth-order valence-corrected chi connectivity index (χ4v) is 5.83. The Morgan fingerprint density at radius 2 is 1.72 bits per heavy atom. The van der Waals surface area contributed by atoms with Gasteiger partial charge >= 0.3 is 0 Å². The molecule has 5 rings (SSSR count). The molecule has 0 aromatic rings. The van der Waals surface area contributed by atoms with E-state index in [1.807, 2.05) is 6.08 Å². The molecule has 4 heteroatoms. The maximum absolute atomic E-state index is 12.9. The van der Waals surface area contributed by atoms with E-state index in [2.05, 4.69) is 9.80 Å². The molecule has 4 nitrogen and oxygen atoms in total. The van der Waals surface area contributed by atoms with Gasteiger partial charge in [0.2, 0.25) is 11.8 Å². The molecule has 3 unspecified atom stereocenters. The molecule has 5 fully saturated rings. The molecule has 3 saturated carbocycles. The minimum absolute atomic E-state index is 0.236. The molecule has 2 heterocycles. The van der Waals surface area contributed by atoms with Gasteiger partial charge in [-0.05, 0) is 75.5 Å². The number of nitrogens with zero attached hydrogens (tertiary/aromatic N) is 2. The van der Waals surface area contributed by atoms with Gasteiger partial charge in [-0.15, -0.1) is 0 Å². The zero-order valence-electron chi connectivity index (χ0n) is 15.2. The highest BCUT2D eigenvalue weighted by atomic mass is 16.2. The summed E-state index contributed by atoms with van der Waals surface area (Å²) in [6.45, 7) is 2.64. The van der Waals surface area contributed by atoms with E-state index < -0.39 is 0 Å². The molecule has 2 saturated heterocycles. The molecular weight excluding hydrogens is 312 g/mol. The van der Waals surface area contributed by atoms with Gasteiger partial charge < -0.3 is 9.80 Å². The van der Waals surface area contributed by atoms with E-state index >= 15 is 0 Å². The van der Waals surface area contributed by atoms with Crippen molar-refractivity contribution in [2.45, 2.75) is 63.8 Å². The first-order valence-corrected chi connectivity index (χ1v) is 10.5. The summed E-state index contributed by atoms with van der Waals surface area (Å²) in [6, 6.07) is 0.360. The van der Waals surface area contributed by atoms with Crippen LogP contribution in [0.2, 0.25) is 0 Å². The lowest BCUT2D eigenvalue weighted by atomic mass is 9.83. The predicted molar refractivity (Wildman–Crippen MR) is 95.7 cm³/mol. The summed E-state index contributed by atoms with van der Waals surface area (Å²) in [7, 11) is 0. The third-order valence-corrected chi connectivity index (χ3v) is 7.58. The van der Waals surface area contributed by atoms with Crippen molar-refractivity contribution in [2.24, 2.45) is 23.7 Å². The van der Waals surface area contributed by atoms with E-state index in [4.69, 9.17) is 0 Å². The Labute approximate surface area is 150 Å². The average Bonchev–Trinajstić information content (AvgIpc) is 3.21. The number of carbonyl (C=O) groups excluding carboxylic acids is 2. The van der Waals surface area contributed by atoms with E-state index in [9.17, 15) is 9.59 Å². The van der Waals surface area contributed by atoms with Crippen molar-refractivity contribution in [3.8, 4) is 0 Å².